The Labute approximate surface area is 129 Å². The highest BCUT2D eigenvalue weighted by Crippen LogP contribution is 2.13. The van der Waals surface area contributed by atoms with Crippen LogP contribution in [-0.4, -0.2) is 12.4 Å². The number of ether oxygens (including phenoxy) is 1. The van der Waals surface area contributed by atoms with Crippen LogP contribution in [0, 0.1) is 22.7 Å². The van der Waals surface area contributed by atoms with E-state index in [2.05, 4.69) is 0 Å². The average Bonchev–Trinajstić information content (AvgIpc) is 2.58. The van der Waals surface area contributed by atoms with Crippen LogP contribution >= 0.6 is 0 Å². The summed E-state index contributed by atoms with van der Waals surface area (Å²) in [6.07, 6.45) is 0.972. The molecule has 108 valence electrons. The van der Waals surface area contributed by atoms with Gasteiger partial charge < -0.3 is 4.74 Å². The van der Waals surface area contributed by atoms with Crippen LogP contribution in [0.1, 0.15) is 34.3 Å². The van der Waals surface area contributed by atoms with Crippen LogP contribution in [0.5, 0.6) is 5.75 Å². The summed E-state index contributed by atoms with van der Waals surface area (Å²) in [7, 11) is 0. The Morgan fingerprint density at radius 2 is 1.73 bits per heavy atom. The number of benzene rings is 2. The predicted molar refractivity (Wildman–Crippen MR) is 81.4 cm³/mol. The van der Waals surface area contributed by atoms with Crippen molar-refractivity contribution in [2.45, 2.75) is 12.8 Å². The Bertz CT molecular complexity index is 737. The van der Waals surface area contributed by atoms with Crippen LogP contribution in [0.2, 0.25) is 0 Å². The summed E-state index contributed by atoms with van der Waals surface area (Å²) in [5.74, 6) is 0.656. The number of rotatable bonds is 6. The van der Waals surface area contributed by atoms with Crippen molar-refractivity contribution < 1.29 is 9.53 Å². The predicted octanol–water partition coefficient (Wildman–Crippen LogP) is 3.47. The first kappa shape index (κ1) is 15.3. The Morgan fingerprint density at radius 1 is 1.00 bits per heavy atom. The van der Waals surface area contributed by atoms with Crippen molar-refractivity contribution in [3.63, 3.8) is 0 Å². The molecule has 0 fully saturated rings. The summed E-state index contributed by atoms with van der Waals surface area (Å²) in [4.78, 5) is 12.0. The quantitative estimate of drug-likeness (QED) is 0.603. The van der Waals surface area contributed by atoms with E-state index in [0.717, 1.165) is 0 Å². The molecule has 2 aromatic carbocycles. The van der Waals surface area contributed by atoms with Crippen LogP contribution in [0.25, 0.3) is 0 Å². The maximum absolute atomic E-state index is 12.0. The lowest BCUT2D eigenvalue weighted by Crippen LogP contribution is -2.04. The van der Waals surface area contributed by atoms with Gasteiger partial charge in [-0.3, -0.25) is 4.79 Å². The van der Waals surface area contributed by atoms with E-state index in [1.165, 1.54) is 0 Å². The highest BCUT2D eigenvalue weighted by molar-refractivity contribution is 5.96. The molecule has 0 aliphatic rings. The van der Waals surface area contributed by atoms with Crippen LogP contribution in [0.4, 0.5) is 0 Å². The lowest BCUT2D eigenvalue weighted by atomic mass is 10.1. The molecule has 0 heterocycles. The molecule has 0 bridgehead atoms. The Hall–Kier alpha value is -3.11. The average molecular weight is 290 g/mol. The van der Waals surface area contributed by atoms with Crippen LogP contribution < -0.4 is 4.74 Å². The molecule has 0 spiro atoms. The molecule has 0 saturated carbocycles. The third-order valence-corrected chi connectivity index (χ3v) is 3.12. The normalized spacial score (nSPS) is 9.55. The van der Waals surface area contributed by atoms with Crippen LogP contribution in [0.15, 0.2) is 48.5 Å². The maximum Gasteiger partial charge on any atom is 0.163 e. The van der Waals surface area contributed by atoms with Gasteiger partial charge in [-0.2, -0.15) is 10.5 Å². The Balaban J connectivity index is 1.79. The number of ketones is 1. The fourth-order valence-electron chi connectivity index (χ4n) is 1.95. The molecule has 4 nitrogen and oxygen atoms in total. The molecule has 0 atom stereocenters. The van der Waals surface area contributed by atoms with Gasteiger partial charge in [-0.25, -0.2) is 0 Å². The summed E-state index contributed by atoms with van der Waals surface area (Å²) in [5, 5.41) is 17.5. The first-order chi connectivity index (χ1) is 10.7. The van der Waals surface area contributed by atoms with Crippen molar-refractivity contribution in [1.82, 2.24) is 0 Å². The van der Waals surface area contributed by atoms with Gasteiger partial charge in [0.25, 0.3) is 0 Å². The number of hydrogen-bond acceptors (Lipinski definition) is 4. The summed E-state index contributed by atoms with van der Waals surface area (Å²) in [6.45, 7) is 0.414. The van der Waals surface area contributed by atoms with E-state index in [9.17, 15) is 4.79 Å². The van der Waals surface area contributed by atoms with Crippen molar-refractivity contribution in [3.8, 4) is 17.9 Å². The number of Topliss-reactive ketones (excluding diaryl/α,β-unsaturated/α-hetero) is 1. The monoisotopic (exact) mass is 290 g/mol. The second-order valence-electron chi connectivity index (χ2n) is 4.70. The van der Waals surface area contributed by atoms with Gasteiger partial charge >= 0.3 is 0 Å². The number of hydrogen-bond donors (Lipinski definition) is 0. The molecule has 0 unspecified atom stereocenters. The highest BCUT2D eigenvalue weighted by atomic mass is 16.5. The highest BCUT2D eigenvalue weighted by Gasteiger charge is 2.06. The van der Waals surface area contributed by atoms with Gasteiger partial charge in [0.15, 0.2) is 5.78 Å². The van der Waals surface area contributed by atoms with E-state index < -0.39 is 0 Å². The van der Waals surface area contributed by atoms with Crippen molar-refractivity contribution in [2.24, 2.45) is 0 Å². The molecule has 0 radical (unpaired) electrons. The summed E-state index contributed by atoms with van der Waals surface area (Å²) in [6, 6.07) is 17.6. The van der Waals surface area contributed by atoms with Gasteiger partial charge in [-0.15, -0.1) is 0 Å². The first-order valence-electron chi connectivity index (χ1n) is 6.89. The van der Waals surface area contributed by atoms with Crippen LogP contribution in [0.3, 0.4) is 0 Å². The molecule has 0 aromatic heterocycles. The summed E-state index contributed by atoms with van der Waals surface area (Å²) in [5.41, 5.74) is 1.69. The SMILES string of the molecule is N#Cc1ccc(C(=O)CCCOc2cccc(C#N)c2)cc1. The zero-order chi connectivity index (χ0) is 15.8. The van der Waals surface area contributed by atoms with Gasteiger partial charge in [0.1, 0.15) is 5.75 Å². The minimum absolute atomic E-state index is 0.0267. The first-order valence-corrected chi connectivity index (χ1v) is 6.89. The van der Waals surface area contributed by atoms with E-state index in [4.69, 9.17) is 15.3 Å². The summed E-state index contributed by atoms with van der Waals surface area (Å²) >= 11 is 0. The molecular formula is C18H14N2O2. The molecule has 0 aliphatic carbocycles. The topological polar surface area (TPSA) is 73.9 Å². The van der Waals surface area contributed by atoms with Crippen molar-refractivity contribution >= 4 is 5.78 Å². The molecule has 2 aromatic rings. The van der Waals surface area contributed by atoms with Crippen molar-refractivity contribution in [1.29, 1.82) is 10.5 Å². The largest absolute Gasteiger partial charge is 0.494 e. The lowest BCUT2D eigenvalue weighted by molar-refractivity contribution is 0.0973. The van der Waals surface area contributed by atoms with Gasteiger partial charge in [0, 0.05) is 12.0 Å². The molecule has 2 rings (SSSR count). The summed E-state index contributed by atoms with van der Waals surface area (Å²) < 4.78 is 5.52. The fraction of sp³-hybridized carbons (Fsp3) is 0.167. The standard InChI is InChI=1S/C18H14N2O2/c19-12-14-6-8-16(9-7-14)18(21)5-2-10-22-17-4-1-3-15(11-17)13-20/h1,3-4,6-9,11H,2,5,10H2. The van der Waals surface area contributed by atoms with Gasteiger partial charge in [0.05, 0.1) is 29.9 Å². The molecule has 4 heteroatoms. The molecule has 0 N–H and O–H groups in total. The molecular weight excluding hydrogens is 276 g/mol. The maximum atomic E-state index is 12.0. The lowest BCUT2D eigenvalue weighted by Gasteiger charge is -2.06. The van der Waals surface area contributed by atoms with Gasteiger partial charge in [-0.05, 0) is 36.8 Å². The number of nitrogens with zero attached hydrogens (tertiary/aromatic N) is 2. The number of nitriles is 2. The molecule has 0 saturated heterocycles. The number of carbonyl (C=O) groups is 1. The minimum Gasteiger partial charge on any atom is -0.494 e. The molecule has 22 heavy (non-hydrogen) atoms. The van der Waals surface area contributed by atoms with E-state index in [1.54, 1.807) is 48.5 Å². The number of carbonyl (C=O) groups excluding carboxylic acids is 1. The zero-order valence-corrected chi connectivity index (χ0v) is 12.0. The van der Waals surface area contributed by atoms with Crippen LogP contribution in [-0.2, 0) is 0 Å². The fourth-order valence-corrected chi connectivity index (χ4v) is 1.95. The van der Waals surface area contributed by atoms with Gasteiger partial charge in [-0.1, -0.05) is 18.2 Å². The van der Waals surface area contributed by atoms with E-state index in [-0.39, 0.29) is 5.78 Å². The second-order valence-corrected chi connectivity index (χ2v) is 4.70. The smallest absolute Gasteiger partial charge is 0.163 e. The zero-order valence-electron chi connectivity index (χ0n) is 12.0. The third kappa shape index (κ3) is 4.19. The Morgan fingerprint density at radius 3 is 2.41 bits per heavy atom. The van der Waals surface area contributed by atoms with Gasteiger partial charge in [0.2, 0.25) is 0 Å². The van der Waals surface area contributed by atoms with E-state index in [1.807, 2.05) is 12.1 Å². The third-order valence-electron chi connectivity index (χ3n) is 3.12. The van der Waals surface area contributed by atoms with E-state index >= 15 is 0 Å². The van der Waals surface area contributed by atoms with Crippen molar-refractivity contribution in [3.05, 3.63) is 65.2 Å². The van der Waals surface area contributed by atoms with Crippen molar-refractivity contribution in [2.75, 3.05) is 6.61 Å². The molecule has 0 amide bonds. The Kier molecular flexibility index (Phi) is 5.29. The second kappa shape index (κ2) is 7.61. The minimum atomic E-state index is 0.0267. The molecule has 0 aliphatic heterocycles. The van der Waals surface area contributed by atoms with E-state index in [0.29, 0.717) is 41.9 Å².